The molecular formula is C18H19N3O2S. The molecule has 1 saturated carbocycles. The number of nitrogens with one attached hydrogen (secondary N) is 1. The Kier molecular flexibility index (Phi) is 4.46. The first-order valence-corrected chi connectivity index (χ1v) is 9.12. The van der Waals surface area contributed by atoms with E-state index >= 15 is 0 Å². The third kappa shape index (κ3) is 3.59. The molecule has 1 N–H and O–H groups in total. The number of ether oxygens (including phenoxy) is 1. The van der Waals surface area contributed by atoms with Crippen LogP contribution in [0.1, 0.15) is 31.6 Å². The number of hydrogen-bond donors (Lipinski definition) is 1. The highest BCUT2D eigenvalue weighted by molar-refractivity contribution is 7.13. The minimum absolute atomic E-state index is 0.387. The fourth-order valence-corrected chi connectivity index (χ4v) is 3.51. The lowest BCUT2D eigenvalue weighted by Gasteiger charge is -2.13. The van der Waals surface area contributed by atoms with Gasteiger partial charge in [-0.05, 0) is 61.4 Å². The molecule has 6 heteroatoms. The first kappa shape index (κ1) is 15.2. The van der Waals surface area contributed by atoms with E-state index < -0.39 is 0 Å². The Balaban J connectivity index is 1.32. The summed E-state index contributed by atoms with van der Waals surface area (Å²) < 4.78 is 11.3. The van der Waals surface area contributed by atoms with Gasteiger partial charge in [0.15, 0.2) is 0 Å². The Morgan fingerprint density at radius 3 is 2.75 bits per heavy atom. The van der Waals surface area contributed by atoms with Crippen molar-refractivity contribution in [3.8, 4) is 16.5 Å². The van der Waals surface area contributed by atoms with Gasteiger partial charge in [0.05, 0.1) is 17.5 Å². The molecule has 24 heavy (non-hydrogen) atoms. The molecule has 0 saturated heterocycles. The van der Waals surface area contributed by atoms with Gasteiger partial charge in [-0.2, -0.15) is 4.98 Å². The van der Waals surface area contributed by atoms with E-state index in [-0.39, 0.29) is 0 Å². The van der Waals surface area contributed by atoms with Crippen LogP contribution >= 0.6 is 11.3 Å². The van der Waals surface area contributed by atoms with Gasteiger partial charge in [-0.1, -0.05) is 11.2 Å². The minimum atomic E-state index is 0.387. The molecule has 2 aromatic heterocycles. The summed E-state index contributed by atoms with van der Waals surface area (Å²) >= 11 is 1.60. The van der Waals surface area contributed by atoms with Crippen molar-refractivity contribution < 1.29 is 9.26 Å². The molecule has 0 amide bonds. The third-order valence-corrected chi connectivity index (χ3v) is 4.98. The summed E-state index contributed by atoms with van der Waals surface area (Å²) in [5.41, 5.74) is 1.00. The monoisotopic (exact) mass is 341 g/mol. The first-order chi connectivity index (χ1) is 11.9. The van der Waals surface area contributed by atoms with Crippen LogP contribution < -0.4 is 10.1 Å². The molecule has 1 aliphatic rings. The molecule has 1 aromatic carbocycles. The molecule has 0 spiro atoms. The van der Waals surface area contributed by atoms with Crippen LogP contribution in [0.3, 0.4) is 0 Å². The quantitative estimate of drug-likeness (QED) is 0.702. The zero-order valence-corrected chi connectivity index (χ0v) is 14.1. The summed E-state index contributed by atoms with van der Waals surface area (Å²) in [7, 11) is 0. The standard InChI is InChI=1S/C18H19N3O2S/c1-2-5-14(4-1)22-15-9-7-13(8-10-15)19-12-17-20-18(21-23-17)16-6-3-11-24-16/h3,6-11,14,19H,1-2,4-5,12H2. The second kappa shape index (κ2) is 7.05. The summed E-state index contributed by atoms with van der Waals surface area (Å²) in [6, 6.07) is 12.0. The average molecular weight is 341 g/mol. The van der Waals surface area contributed by atoms with E-state index in [4.69, 9.17) is 9.26 Å². The Labute approximate surface area is 144 Å². The maximum absolute atomic E-state index is 5.97. The van der Waals surface area contributed by atoms with Gasteiger partial charge in [-0.25, -0.2) is 0 Å². The highest BCUT2D eigenvalue weighted by Gasteiger charge is 2.16. The van der Waals surface area contributed by atoms with E-state index in [9.17, 15) is 0 Å². The van der Waals surface area contributed by atoms with Crippen molar-refractivity contribution in [1.29, 1.82) is 0 Å². The van der Waals surface area contributed by atoms with Crippen molar-refractivity contribution in [1.82, 2.24) is 10.1 Å². The smallest absolute Gasteiger partial charge is 0.246 e. The maximum Gasteiger partial charge on any atom is 0.246 e. The summed E-state index contributed by atoms with van der Waals surface area (Å²) in [5.74, 6) is 2.15. The SMILES string of the molecule is c1csc(-c2noc(CNc3ccc(OC4CCCC4)cc3)n2)c1. The Morgan fingerprint density at radius 2 is 2.00 bits per heavy atom. The van der Waals surface area contributed by atoms with E-state index in [1.165, 1.54) is 25.7 Å². The summed E-state index contributed by atoms with van der Waals surface area (Å²) in [4.78, 5) is 5.41. The number of anilines is 1. The van der Waals surface area contributed by atoms with Crippen LogP contribution in [0.2, 0.25) is 0 Å². The summed E-state index contributed by atoms with van der Waals surface area (Å²) in [5, 5.41) is 9.30. The fraction of sp³-hybridized carbons (Fsp3) is 0.333. The lowest BCUT2D eigenvalue weighted by atomic mass is 10.2. The van der Waals surface area contributed by atoms with Gasteiger partial charge in [0.1, 0.15) is 5.75 Å². The van der Waals surface area contributed by atoms with Crippen LogP contribution in [0, 0.1) is 0 Å². The second-order valence-electron chi connectivity index (χ2n) is 5.89. The van der Waals surface area contributed by atoms with Crippen LogP contribution in [-0.4, -0.2) is 16.2 Å². The molecule has 0 atom stereocenters. The largest absolute Gasteiger partial charge is 0.490 e. The summed E-state index contributed by atoms with van der Waals surface area (Å²) in [6.45, 7) is 0.501. The average Bonchev–Trinajstić information content (AvgIpc) is 3.36. The van der Waals surface area contributed by atoms with Gasteiger partial charge in [-0.15, -0.1) is 11.3 Å². The number of hydrogen-bond acceptors (Lipinski definition) is 6. The van der Waals surface area contributed by atoms with Crippen molar-refractivity contribution >= 4 is 17.0 Å². The Hall–Kier alpha value is -2.34. The first-order valence-electron chi connectivity index (χ1n) is 8.24. The fourth-order valence-electron chi connectivity index (χ4n) is 2.86. The number of aromatic nitrogens is 2. The normalized spacial score (nSPS) is 14.8. The number of nitrogens with zero attached hydrogens (tertiary/aromatic N) is 2. The predicted molar refractivity (Wildman–Crippen MR) is 94.3 cm³/mol. The van der Waals surface area contributed by atoms with E-state index in [1.807, 2.05) is 41.8 Å². The number of thiophene rings is 1. The molecule has 5 nitrogen and oxygen atoms in total. The van der Waals surface area contributed by atoms with Crippen LogP contribution in [0.25, 0.3) is 10.7 Å². The number of rotatable bonds is 6. The van der Waals surface area contributed by atoms with Crippen LogP contribution in [-0.2, 0) is 6.54 Å². The van der Waals surface area contributed by atoms with Gasteiger partial charge in [0, 0.05) is 5.69 Å². The van der Waals surface area contributed by atoms with Crippen molar-refractivity contribution in [2.75, 3.05) is 5.32 Å². The molecular weight excluding hydrogens is 322 g/mol. The molecule has 0 bridgehead atoms. The molecule has 0 unspecified atom stereocenters. The highest BCUT2D eigenvalue weighted by atomic mass is 32.1. The van der Waals surface area contributed by atoms with E-state index in [2.05, 4.69) is 15.5 Å². The van der Waals surface area contributed by atoms with Crippen molar-refractivity contribution in [3.05, 3.63) is 47.7 Å². The van der Waals surface area contributed by atoms with E-state index in [0.717, 1.165) is 16.3 Å². The zero-order valence-electron chi connectivity index (χ0n) is 13.3. The highest BCUT2D eigenvalue weighted by Crippen LogP contribution is 2.25. The minimum Gasteiger partial charge on any atom is -0.490 e. The van der Waals surface area contributed by atoms with Crippen molar-refractivity contribution in [2.24, 2.45) is 0 Å². The molecule has 4 rings (SSSR count). The molecule has 1 fully saturated rings. The van der Waals surface area contributed by atoms with Crippen LogP contribution in [0.15, 0.2) is 46.3 Å². The van der Waals surface area contributed by atoms with Gasteiger partial charge < -0.3 is 14.6 Å². The Bertz CT molecular complexity index is 762. The van der Waals surface area contributed by atoms with Crippen molar-refractivity contribution in [2.45, 2.75) is 38.3 Å². The molecule has 0 radical (unpaired) electrons. The van der Waals surface area contributed by atoms with E-state index in [0.29, 0.717) is 24.4 Å². The summed E-state index contributed by atoms with van der Waals surface area (Å²) in [6.07, 6.45) is 5.29. The maximum atomic E-state index is 5.97. The van der Waals surface area contributed by atoms with Gasteiger partial charge in [0.2, 0.25) is 11.7 Å². The zero-order chi connectivity index (χ0) is 16.2. The molecule has 124 valence electrons. The van der Waals surface area contributed by atoms with Crippen LogP contribution in [0.5, 0.6) is 5.75 Å². The predicted octanol–water partition coefficient (Wildman–Crippen LogP) is 4.73. The van der Waals surface area contributed by atoms with Crippen LogP contribution in [0.4, 0.5) is 5.69 Å². The lowest BCUT2D eigenvalue weighted by molar-refractivity contribution is 0.210. The molecule has 1 aliphatic carbocycles. The lowest BCUT2D eigenvalue weighted by Crippen LogP contribution is -2.10. The second-order valence-corrected chi connectivity index (χ2v) is 6.84. The van der Waals surface area contributed by atoms with Gasteiger partial charge in [0.25, 0.3) is 0 Å². The Morgan fingerprint density at radius 1 is 1.17 bits per heavy atom. The van der Waals surface area contributed by atoms with Crippen molar-refractivity contribution in [3.63, 3.8) is 0 Å². The van der Waals surface area contributed by atoms with Gasteiger partial charge >= 0.3 is 0 Å². The molecule has 0 aliphatic heterocycles. The topological polar surface area (TPSA) is 60.2 Å². The molecule has 2 heterocycles. The number of benzene rings is 1. The van der Waals surface area contributed by atoms with E-state index in [1.54, 1.807) is 11.3 Å². The van der Waals surface area contributed by atoms with Gasteiger partial charge in [-0.3, -0.25) is 0 Å². The third-order valence-electron chi connectivity index (χ3n) is 4.11. The molecule has 3 aromatic rings.